The molecule has 0 amide bonds. The van der Waals surface area contributed by atoms with Crippen molar-refractivity contribution in [1.82, 2.24) is 0 Å². The first-order valence-electron chi connectivity index (χ1n) is 8.92. The van der Waals surface area contributed by atoms with Gasteiger partial charge in [-0.2, -0.15) is 0 Å². The van der Waals surface area contributed by atoms with Gasteiger partial charge in [0.05, 0.1) is 11.1 Å². The maximum absolute atomic E-state index is 11.2. The summed E-state index contributed by atoms with van der Waals surface area (Å²) in [6.45, 7) is 2.77. The predicted molar refractivity (Wildman–Crippen MR) is 99.6 cm³/mol. The van der Waals surface area contributed by atoms with Crippen molar-refractivity contribution in [1.29, 1.82) is 0 Å². The van der Waals surface area contributed by atoms with Crippen LogP contribution in [0.25, 0.3) is 0 Å². The number of rotatable bonds is 4. The fraction of sp³-hybridized carbons (Fsp3) is 0.455. The van der Waals surface area contributed by atoms with Crippen LogP contribution in [0, 0.1) is 29.6 Å². The molecular formula is C22H24O4. The number of carbonyl (C=O) groups is 2. The summed E-state index contributed by atoms with van der Waals surface area (Å²) >= 11 is 0. The number of hydrogen-bond donors (Lipinski definition) is 0. The molecule has 2 rings (SSSR count). The first-order valence-corrected chi connectivity index (χ1v) is 8.92. The standard InChI is InChI=1S/C22H24O4/c1-17(23)25-15-21(13-11-19-7-3-4-8-19)22(16-26-18(2)24)14-12-20-9-5-6-10-20/h3-4,7,20H,5-6,8-10,15-16H2,1-2H3/b22-21+. The van der Waals surface area contributed by atoms with Gasteiger partial charge in [-0.15, -0.1) is 0 Å². The van der Waals surface area contributed by atoms with Gasteiger partial charge in [-0.05, 0) is 19.3 Å². The van der Waals surface area contributed by atoms with Gasteiger partial charge in [-0.3, -0.25) is 9.59 Å². The lowest BCUT2D eigenvalue weighted by molar-refractivity contribution is -0.141. The van der Waals surface area contributed by atoms with Crippen LogP contribution in [0.4, 0.5) is 0 Å². The van der Waals surface area contributed by atoms with Gasteiger partial charge in [0, 0.05) is 25.3 Å². The van der Waals surface area contributed by atoms with Crippen molar-refractivity contribution in [2.24, 2.45) is 5.92 Å². The molecule has 1 saturated carbocycles. The number of esters is 2. The van der Waals surface area contributed by atoms with E-state index >= 15 is 0 Å². The van der Waals surface area contributed by atoms with E-state index in [1.807, 2.05) is 18.2 Å². The lowest BCUT2D eigenvalue weighted by Gasteiger charge is -2.08. The molecule has 2 aliphatic rings. The van der Waals surface area contributed by atoms with Crippen molar-refractivity contribution in [3.8, 4) is 23.7 Å². The van der Waals surface area contributed by atoms with E-state index in [1.54, 1.807) is 0 Å². The Balaban J connectivity index is 2.29. The first-order chi connectivity index (χ1) is 12.5. The summed E-state index contributed by atoms with van der Waals surface area (Å²) in [5, 5.41) is 0. The molecule has 4 nitrogen and oxygen atoms in total. The highest BCUT2D eigenvalue weighted by atomic mass is 16.5. The second kappa shape index (κ2) is 10.3. The van der Waals surface area contributed by atoms with Crippen LogP contribution in [0.5, 0.6) is 0 Å². The van der Waals surface area contributed by atoms with Gasteiger partial charge in [0.25, 0.3) is 0 Å². The SMILES string of the molecule is CC(=O)OC/C(C#CC1=CC=CC1)=C(\C#CC1CCCC1)COC(C)=O. The largest absolute Gasteiger partial charge is 0.460 e. The summed E-state index contributed by atoms with van der Waals surface area (Å²) in [5.74, 6) is 12.2. The number of ether oxygens (including phenoxy) is 2. The van der Waals surface area contributed by atoms with E-state index in [0.29, 0.717) is 17.1 Å². The van der Waals surface area contributed by atoms with Crippen molar-refractivity contribution >= 4 is 11.9 Å². The summed E-state index contributed by atoms with van der Waals surface area (Å²) in [4.78, 5) is 22.5. The number of carbonyl (C=O) groups excluding carboxylic acids is 2. The Labute approximate surface area is 155 Å². The van der Waals surface area contributed by atoms with E-state index < -0.39 is 0 Å². The van der Waals surface area contributed by atoms with Gasteiger partial charge in [-0.1, -0.05) is 54.8 Å². The molecule has 136 valence electrons. The zero-order chi connectivity index (χ0) is 18.8. The molecular weight excluding hydrogens is 328 g/mol. The van der Waals surface area contributed by atoms with Gasteiger partial charge in [-0.25, -0.2) is 0 Å². The summed E-state index contributed by atoms with van der Waals surface area (Å²) in [6, 6.07) is 0. The summed E-state index contributed by atoms with van der Waals surface area (Å²) < 4.78 is 10.3. The molecule has 0 atom stereocenters. The second-order valence-corrected chi connectivity index (χ2v) is 6.34. The topological polar surface area (TPSA) is 52.6 Å². The predicted octanol–water partition coefficient (Wildman–Crippen LogP) is 3.49. The normalized spacial score (nSPS) is 16.6. The van der Waals surface area contributed by atoms with E-state index in [9.17, 15) is 9.59 Å². The van der Waals surface area contributed by atoms with Gasteiger partial charge in [0.1, 0.15) is 13.2 Å². The molecule has 26 heavy (non-hydrogen) atoms. The highest BCUT2D eigenvalue weighted by Gasteiger charge is 2.13. The molecule has 1 fully saturated rings. The van der Waals surface area contributed by atoms with E-state index in [2.05, 4.69) is 23.7 Å². The third-order valence-electron chi connectivity index (χ3n) is 4.13. The molecule has 0 spiro atoms. The molecule has 0 aromatic heterocycles. The van der Waals surface area contributed by atoms with Crippen LogP contribution in [0.15, 0.2) is 34.9 Å². The molecule has 0 radical (unpaired) electrons. The Kier molecular flexibility index (Phi) is 7.77. The minimum absolute atomic E-state index is 0.0268. The van der Waals surface area contributed by atoms with Crippen LogP contribution in [0.3, 0.4) is 0 Å². The summed E-state index contributed by atoms with van der Waals surface area (Å²) in [6.07, 6.45) is 11.3. The highest BCUT2D eigenvalue weighted by molar-refractivity contribution is 5.67. The number of allylic oxidation sites excluding steroid dienone is 4. The minimum Gasteiger partial charge on any atom is -0.460 e. The van der Waals surface area contributed by atoms with Crippen molar-refractivity contribution in [2.45, 2.75) is 46.0 Å². The Morgan fingerprint density at radius 2 is 1.65 bits per heavy atom. The molecule has 0 aliphatic heterocycles. The molecule has 0 N–H and O–H groups in total. The fourth-order valence-corrected chi connectivity index (χ4v) is 2.70. The molecule has 0 saturated heterocycles. The Bertz CT molecular complexity index is 753. The third-order valence-corrected chi connectivity index (χ3v) is 4.13. The highest BCUT2D eigenvalue weighted by Crippen LogP contribution is 2.24. The zero-order valence-corrected chi connectivity index (χ0v) is 15.4. The summed E-state index contributed by atoms with van der Waals surface area (Å²) in [5.41, 5.74) is 2.17. The molecule has 0 heterocycles. The Morgan fingerprint density at radius 3 is 2.19 bits per heavy atom. The molecule has 0 bridgehead atoms. The van der Waals surface area contributed by atoms with E-state index in [4.69, 9.17) is 9.47 Å². The smallest absolute Gasteiger partial charge is 0.302 e. The maximum atomic E-state index is 11.2. The second-order valence-electron chi connectivity index (χ2n) is 6.34. The first kappa shape index (κ1) is 19.6. The Hall–Kier alpha value is -2.72. The monoisotopic (exact) mass is 352 g/mol. The van der Waals surface area contributed by atoms with Crippen LogP contribution in [0.2, 0.25) is 0 Å². The van der Waals surface area contributed by atoms with Gasteiger partial charge >= 0.3 is 11.9 Å². The van der Waals surface area contributed by atoms with Gasteiger partial charge < -0.3 is 9.47 Å². The van der Waals surface area contributed by atoms with Crippen molar-refractivity contribution < 1.29 is 19.1 Å². The van der Waals surface area contributed by atoms with Crippen LogP contribution < -0.4 is 0 Å². The van der Waals surface area contributed by atoms with Gasteiger partial charge in [0.15, 0.2) is 0 Å². The van der Waals surface area contributed by atoms with Gasteiger partial charge in [0.2, 0.25) is 0 Å². The van der Waals surface area contributed by atoms with Crippen LogP contribution in [0.1, 0.15) is 46.0 Å². The zero-order valence-electron chi connectivity index (χ0n) is 15.4. The quantitative estimate of drug-likeness (QED) is 0.574. The van der Waals surface area contributed by atoms with E-state index in [0.717, 1.165) is 24.8 Å². The van der Waals surface area contributed by atoms with E-state index in [-0.39, 0.29) is 25.2 Å². The Morgan fingerprint density at radius 1 is 1.04 bits per heavy atom. The molecule has 0 aromatic rings. The average molecular weight is 352 g/mol. The number of hydrogen-bond acceptors (Lipinski definition) is 4. The minimum atomic E-state index is -0.387. The molecule has 2 aliphatic carbocycles. The molecule has 0 unspecified atom stereocenters. The van der Waals surface area contributed by atoms with Crippen molar-refractivity contribution in [3.05, 3.63) is 34.9 Å². The molecule has 0 aromatic carbocycles. The van der Waals surface area contributed by atoms with Crippen LogP contribution in [-0.2, 0) is 19.1 Å². The van der Waals surface area contributed by atoms with Crippen LogP contribution in [-0.4, -0.2) is 25.2 Å². The lowest BCUT2D eigenvalue weighted by atomic mass is 10.1. The van der Waals surface area contributed by atoms with Crippen molar-refractivity contribution in [2.75, 3.05) is 13.2 Å². The van der Waals surface area contributed by atoms with Crippen molar-refractivity contribution in [3.63, 3.8) is 0 Å². The maximum Gasteiger partial charge on any atom is 0.302 e. The lowest BCUT2D eigenvalue weighted by Crippen LogP contribution is -2.09. The van der Waals surface area contributed by atoms with Crippen LogP contribution >= 0.6 is 0 Å². The van der Waals surface area contributed by atoms with E-state index in [1.165, 1.54) is 26.7 Å². The molecule has 4 heteroatoms. The fourth-order valence-electron chi connectivity index (χ4n) is 2.70. The average Bonchev–Trinajstić information content (AvgIpc) is 3.28. The summed E-state index contributed by atoms with van der Waals surface area (Å²) in [7, 11) is 0. The third kappa shape index (κ3) is 7.03.